The molecule has 1 saturated carbocycles. The van der Waals surface area contributed by atoms with Gasteiger partial charge in [-0.05, 0) is 24.5 Å². The quantitative estimate of drug-likeness (QED) is 0.660. The molecule has 0 saturated heterocycles. The highest BCUT2D eigenvalue weighted by molar-refractivity contribution is 7.98. The van der Waals surface area contributed by atoms with Gasteiger partial charge in [0.2, 0.25) is 5.91 Å². The van der Waals surface area contributed by atoms with Gasteiger partial charge >= 0.3 is 0 Å². The van der Waals surface area contributed by atoms with E-state index in [9.17, 15) is 4.79 Å². The highest BCUT2D eigenvalue weighted by atomic mass is 32.2. The standard InChI is InChI=1S/C18H19N5OS/c19-15(24)8-9-16-21-22-18(23(16)14-6-7-14)25-11-13-4-1-3-12-5-2-10-20-17(12)13/h1-5,10,14H,6-9,11H2,(H2,19,24). The third kappa shape index (κ3) is 3.51. The number of aryl methyl sites for hydroxylation is 1. The normalized spacial score (nSPS) is 14.1. The molecule has 0 bridgehead atoms. The van der Waals surface area contributed by atoms with E-state index >= 15 is 0 Å². The van der Waals surface area contributed by atoms with Crippen molar-refractivity contribution in [3.63, 3.8) is 0 Å². The van der Waals surface area contributed by atoms with Gasteiger partial charge in [-0.3, -0.25) is 9.78 Å². The largest absolute Gasteiger partial charge is 0.370 e. The van der Waals surface area contributed by atoms with Crippen LogP contribution in [0.3, 0.4) is 0 Å². The molecule has 0 spiro atoms. The first kappa shape index (κ1) is 16.1. The Hall–Kier alpha value is -2.41. The van der Waals surface area contributed by atoms with E-state index in [1.165, 1.54) is 5.56 Å². The molecular formula is C18H19N5OS. The first-order valence-corrected chi connectivity index (χ1v) is 9.38. The fourth-order valence-corrected chi connectivity index (χ4v) is 3.95. The molecule has 0 aliphatic heterocycles. The van der Waals surface area contributed by atoms with Crippen LogP contribution in [-0.2, 0) is 17.0 Å². The van der Waals surface area contributed by atoms with E-state index < -0.39 is 0 Å². The summed E-state index contributed by atoms with van der Waals surface area (Å²) in [6.45, 7) is 0. The third-order valence-electron chi connectivity index (χ3n) is 4.32. The van der Waals surface area contributed by atoms with Crippen LogP contribution in [0.25, 0.3) is 10.9 Å². The Morgan fingerprint density at radius 3 is 2.88 bits per heavy atom. The predicted octanol–water partition coefficient (Wildman–Crippen LogP) is 2.87. The average molecular weight is 353 g/mol. The topological polar surface area (TPSA) is 86.7 Å². The smallest absolute Gasteiger partial charge is 0.217 e. The second-order valence-electron chi connectivity index (χ2n) is 6.25. The second kappa shape index (κ2) is 6.84. The van der Waals surface area contributed by atoms with Crippen molar-refractivity contribution in [1.29, 1.82) is 0 Å². The van der Waals surface area contributed by atoms with Gasteiger partial charge in [-0.25, -0.2) is 0 Å². The molecule has 2 N–H and O–H groups in total. The summed E-state index contributed by atoms with van der Waals surface area (Å²) in [4.78, 5) is 15.6. The number of primary amides is 1. The minimum Gasteiger partial charge on any atom is -0.370 e. The van der Waals surface area contributed by atoms with E-state index in [2.05, 4.69) is 44.0 Å². The SMILES string of the molecule is NC(=O)CCc1nnc(SCc2cccc3cccnc23)n1C1CC1. The van der Waals surface area contributed by atoms with Crippen molar-refractivity contribution in [3.8, 4) is 0 Å². The lowest BCUT2D eigenvalue weighted by Crippen LogP contribution is -2.13. The summed E-state index contributed by atoms with van der Waals surface area (Å²) >= 11 is 1.67. The molecule has 25 heavy (non-hydrogen) atoms. The fourth-order valence-electron chi connectivity index (χ4n) is 2.94. The number of pyridine rings is 1. The summed E-state index contributed by atoms with van der Waals surface area (Å²) in [5.41, 5.74) is 7.49. The maximum absolute atomic E-state index is 11.1. The van der Waals surface area contributed by atoms with Gasteiger partial charge in [-0.2, -0.15) is 0 Å². The van der Waals surface area contributed by atoms with Gasteiger partial charge in [-0.15, -0.1) is 10.2 Å². The Kier molecular flexibility index (Phi) is 4.40. The summed E-state index contributed by atoms with van der Waals surface area (Å²) in [7, 11) is 0. The number of hydrogen-bond donors (Lipinski definition) is 1. The molecule has 4 rings (SSSR count). The zero-order chi connectivity index (χ0) is 17.2. The molecule has 128 valence electrons. The number of thioether (sulfide) groups is 1. The molecule has 3 aromatic rings. The van der Waals surface area contributed by atoms with Crippen molar-refractivity contribution < 1.29 is 4.79 Å². The molecule has 7 heteroatoms. The molecular weight excluding hydrogens is 334 g/mol. The molecule has 0 radical (unpaired) electrons. The van der Waals surface area contributed by atoms with Crippen LogP contribution < -0.4 is 5.73 Å². The van der Waals surface area contributed by atoms with Gasteiger partial charge in [0.15, 0.2) is 5.16 Å². The number of para-hydroxylation sites is 1. The molecule has 2 heterocycles. The molecule has 0 atom stereocenters. The van der Waals surface area contributed by atoms with Crippen LogP contribution in [0.15, 0.2) is 41.7 Å². The van der Waals surface area contributed by atoms with Crippen LogP contribution >= 0.6 is 11.8 Å². The van der Waals surface area contributed by atoms with Crippen LogP contribution in [0.5, 0.6) is 0 Å². The molecule has 6 nitrogen and oxygen atoms in total. The van der Waals surface area contributed by atoms with Gasteiger partial charge in [0.1, 0.15) is 5.82 Å². The summed E-state index contributed by atoms with van der Waals surface area (Å²) in [5, 5.41) is 10.7. The zero-order valence-electron chi connectivity index (χ0n) is 13.8. The van der Waals surface area contributed by atoms with Crippen LogP contribution in [0.2, 0.25) is 0 Å². The molecule has 1 aliphatic rings. The lowest BCUT2D eigenvalue weighted by Gasteiger charge is -2.09. The maximum Gasteiger partial charge on any atom is 0.217 e. The van der Waals surface area contributed by atoms with Crippen molar-refractivity contribution in [1.82, 2.24) is 19.7 Å². The van der Waals surface area contributed by atoms with Gasteiger partial charge < -0.3 is 10.3 Å². The van der Waals surface area contributed by atoms with Gasteiger partial charge in [0, 0.05) is 36.2 Å². The van der Waals surface area contributed by atoms with E-state index in [0.29, 0.717) is 18.9 Å². The Morgan fingerprint density at radius 1 is 1.24 bits per heavy atom. The van der Waals surface area contributed by atoms with Crippen molar-refractivity contribution >= 4 is 28.6 Å². The minimum absolute atomic E-state index is 0.304. The maximum atomic E-state index is 11.1. The monoisotopic (exact) mass is 353 g/mol. The molecule has 1 amide bonds. The lowest BCUT2D eigenvalue weighted by molar-refractivity contribution is -0.118. The fraction of sp³-hybridized carbons (Fsp3) is 0.333. The van der Waals surface area contributed by atoms with Crippen molar-refractivity contribution in [3.05, 3.63) is 47.9 Å². The van der Waals surface area contributed by atoms with Gasteiger partial charge in [-0.1, -0.05) is 36.0 Å². The number of hydrogen-bond acceptors (Lipinski definition) is 5. The van der Waals surface area contributed by atoms with Gasteiger partial charge in [0.05, 0.1) is 5.52 Å². The van der Waals surface area contributed by atoms with Crippen molar-refractivity contribution in [2.24, 2.45) is 5.73 Å². The minimum atomic E-state index is -0.304. The van der Waals surface area contributed by atoms with Crippen LogP contribution in [0, 0.1) is 0 Å². The van der Waals surface area contributed by atoms with Crippen LogP contribution in [-0.4, -0.2) is 25.7 Å². The zero-order valence-corrected chi connectivity index (χ0v) is 14.6. The first-order valence-electron chi connectivity index (χ1n) is 8.40. The Morgan fingerprint density at radius 2 is 2.08 bits per heavy atom. The average Bonchev–Trinajstić information content (AvgIpc) is 3.38. The molecule has 0 unspecified atom stereocenters. The lowest BCUT2D eigenvalue weighted by atomic mass is 10.1. The second-order valence-corrected chi connectivity index (χ2v) is 7.19. The van der Waals surface area contributed by atoms with E-state index in [-0.39, 0.29) is 5.91 Å². The molecule has 2 aromatic heterocycles. The highest BCUT2D eigenvalue weighted by Crippen LogP contribution is 2.39. The number of fused-ring (bicyclic) bond motifs is 1. The number of carbonyl (C=O) groups excluding carboxylic acids is 1. The summed E-state index contributed by atoms with van der Waals surface area (Å²) in [6, 6.07) is 10.7. The number of benzene rings is 1. The van der Waals surface area contributed by atoms with Crippen molar-refractivity contribution in [2.75, 3.05) is 0 Å². The predicted molar refractivity (Wildman–Crippen MR) is 97.1 cm³/mol. The van der Waals surface area contributed by atoms with E-state index in [0.717, 1.165) is 40.5 Å². The summed E-state index contributed by atoms with van der Waals surface area (Å²) in [6.07, 6.45) is 4.97. The van der Waals surface area contributed by atoms with Crippen LogP contribution in [0.1, 0.15) is 36.7 Å². The Balaban J connectivity index is 1.55. The van der Waals surface area contributed by atoms with E-state index in [1.54, 1.807) is 11.8 Å². The Labute approximate surface area is 149 Å². The molecule has 1 aliphatic carbocycles. The number of aromatic nitrogens is 4. The van der Waals surface area contributed by atoms with Gasteiger partial charge in [0.25, 0.3) is 0 Å². The number of nitrogens with zero attached hydrogens (tertiary/aromatic N) is 4. The first-order chi connectivity index (χ1) is 12.2. The van der Waals surface area contributed by atoms with Crippen molar-refractivity contribution in [2.45, 2.75) is 42.6 Å². The summed E-state index contributed by atoms with van der Waals surface area (Å²) in [5.74, 6) is 1.34. The summed E-state index contributed by atoms with van der Waals surface area (Å²) < 4.78 is 2.19. The number of rotatable bonds is 7. The highest BCUT2D eigenvalue weighted by Gasteiger charge is 2.29. The number of amides is 1. The number of nitrogens with two attached hydrogens (primary N) is 1. The Bertz CT molecular complexity index is 913. The van der Waals surface area contributed by atoms with E-state index in [4.69, 9.17) is 5.73 Å². The third-order valence-corrected chi connectivity index (χ3v) is 5.31. The molecule has 1 fully saturated rings. The molecule has 1 aromatic carbocycles. The number of carbonyl (C=O) groups is 1. The van der Waals surface area contributed by atoms with Crippen LogP contribution in [0.4, 0.5) is 0 Å². The van der Waals surface area contributed by atoms with E-state index in [1.807, 2.05) is 12.3 Å².